The lowest BCUT2D eigenvalue weighted by molar-refractivity contribution is 0.0957. The van der Waals surface area contributed by atoms with Gasteiger partial charge in [-0.2, -0.15) is 0 Å². The largest absolute Gasteiger partial charge is 0.506 e. The van der Waals surface area contributed by atoms with Crippen molar-refractivity contribution < 1.29 is 27.9 Å². The first kappa shape index (κ1) is 22.8. The molecule has 9 nitrogen and oxygen atoms in total. The Morgan fingerprint density at radius 2 is 1.78 bits per heavy atom. The van der Waals surface area contributed by atoms with E-state index >= 15 is 0 Å². The third kappa shape index (κ3) is 5.22. The molecule has 2 aromatic carbocycles. The van der Waals surface area contributed by atoms with Crippen molar-refractivity contribution in [2.24, 2.45) is 0 Å². The number of benzene rings is 2. The maximum atomic E-state index is 12.7. The van der Waals surface area contributed by atoms with E-state index in [0.29, 0.717) is 11.5 Å². The lowest BCUT2D eigenvalue weighted by Gasteiger charge is -2.11. The molecule has 0 saturated carbocycles. The molecule has 0 unspecified atom stereocenters. The van der Waals surface area contributed by atoms with Crippen LogP contribution < -0.4 is 15.4 Å². The molecule has 0 fully saturated rings. The quantitative estimate of drug-likeness (QED) is 0.466. The van der Waals surface area contributed by atoms with Crippen molar-refractivity contribution in [3.05, 3.63) is 72.1 Å². The normalized spacial score (nSPS) is 10.9. The number of carbonyl (C=O) groups excluding carboxylic acids is 2. The monoisotopic (exact) mass is 455 g/mol. The summed E-state index contributed by atoms with van der Waals surface area (Å²) in [4.78, 5) is 28.4. The Bertz CT molecular complexity index is 1270. The zero-order valence-electron chi connectivity index (χ0n) is 17.3. The van der Waals surface area contributed by atoms with E-state index in [4.69, 9.17) is 4.74 Å². The number of amides is 2. The van der Waals surface area contributed by atoms with E-state index < -0.39 is 15.7 Å². The Balaban J connectivity index is 1.81. The van der Waals surface area contributed by atoms with Crippen LogP contribution >= 0.6 is 0 Å². The molecule has 3 N–H and O–H groups in total. The molecule has 0 aliphatic rings. The average Bonchev–Trinajstić information content (AvgIpc) is 2.80. The summed E-state index contributed by atoms with van der Waals surface area (Å²) in [6, 6.07) is 13.0. The molecular formula is C22H21N3O6S. The topological polar surface area (TPSA) is 135 Å². The van der Waals surface area contributed by atoms with Gasteiger partial charge in [0.1, 0.15) is 22.9 Å². The van der Waals surface area contributed by atoms with Crippen molar-refractivity contribution in [3.8, 4) is 17.2 Å². The predicted octanol–water partition coefficient (Wildman–Crippen LogP) is 2.99. The van der Waals surface area contributed by atoms with Gasteiger partial charge in [0.15, 0.2) is 9.84 Å². The van der Waals surface area contributed by atoms with Crippen LogP contribution in [0.25, 0.3) is 0 Å². The van der Waals surface area contributed by atoms with Crippen LogP contribution in [0.2, 0.25) is 0 Å². The molecule has 0 aliphatic heterocycles. The Hall–Kier alpha value is -3.92. The Morgan fingerprint density at radius 3 is 2.50 bits per heavy atom. The first-order valence-electron chi connectivity index (χ1n) is 9.56. The standard InChI is InChI=1S/C22H21N3O6S/c1-3-32(29,30)17-7-8-20(26)18(13-17)25-21(27)14-5-4-6-15(11-14)31-16-9-10-24-19(12-16)22(28)23-2/h4-13,26H,3H2,1-2H3,(H,23,28)(H,25,27). The zero-order chi connectivity index (χ0) is 23.3. The van der Waals surface area contributed by atoms with Gasteiger partial charge in [-0.3, -0.25) is 14.6 Å². The first-order chi connectivity index (χ1) is 15.2. The highest BCUT2D eigenvalue weighted by Gasteiger charge is 2.16. The summed E-state index contributed by atoms with van der Waals surface area (Å²) >= 11 is 0. The Morgan fingerprint density at radius 1 is 1.03 bits per heavy atom. The molecule has 0 spiro atoms. The molecule has 0 saturated heterocycles. The van der Waals surface area contributed by atoms with Crippen LogP contribution in [-0.4, -0.2) is 43.1 Å². The van der Waals surface area contributed by atoms with Gasteiger partial charge in [-0.25, -0.2) is 8.42 Å². The predicted molar refractivity (Wildman–Crippen MR) is 118 cm³/mol. The van der Waals surface area contributed by atoms with E-state index in [-0.39, 0.29) is 39.2 Å². The van der Waals surface area contributed by atoms with Gasteiger partial charge in [0, 0.05) is 24.9 Å². The minimum atomic E-state index is -3.51. The smallest absolute Gasteiger partial charge is 0.269 e. The lowest BCUT2D eigenvalue weighted by Crippen LogP contribution is -2.18. The third-order valence-electron chi connectivity index (χ3n) is 4.48. The zero-order valence-corrected chi connectivity index (χ0v) is 18.1. The molecule has 166 valence electrons. The van der Waals surface area contributed by atoms with Gasteiger partial charge >= 0.3 is 0 Å². The fourth-order valence-electron chi connectivity index (χ4n) is 2.73. The Kier molecular flexibility index (Phi) is 6.74. The van der Waals surface area contributed by atoms with E-state index in [0.717, 1.165) is 0 Å². The van der Waals surface area contributed by atoms with Crippen LogP contribution in [0, 0.1) is 0 Å². The molecule has 0 atom stereocenters. The summed E-state index contributed by atoms with van der Waals surface area (Å²) in [5, 5.41) is 15.0. The molecule has 10 heteroatoms. The van der Waals surface area contributed by atoms with Gasteiger partial charge in [-0.05, 0) is 42.5 Å². The summed E-state index contributed by atoms with van der Waals surface area (Å²) in [6.07, 6.45) is 1.43. The van der Waals surface area contributed by atoms with Crippen molar-refractivity contribution in [1.82, 2.24) is 10.3 Å². The number of nitrogens with one attached hydrogen (secondary N) is 2. The van der Waals surface area contributed by atoms with Crippen LogP contribution in [0.1, 0.15) is 27.8 Å². The maximum absolute atomic E-state index is 12.7. The second-order valence-electron chi connectivity index (χ2n) is 6.62. The van der Waals surface area contributed by atoms with E-state index in [9.17, 15) is 23.1 Å². The number of phenols is 1. The van der Waals surface area contributed by atoms with Crippen LogP contribution in [0.4, 0.5) is 5.69 Å². The number of sulfone groups is 1. The van der Waals surface area contributed by atoms with E-state index in [2.05, 4.69) is 15.6 Å². The number of anilines is 1. The summed E-state index contributed by atoms with van der Waals surface area (Å²) in [5.41, 5.74) is 0.364. The average molecular weight is 455 g/mol. The molecular weight excluding hydrogens is 434 g/mol. The molecule has 3 aromatic rings. The maximum Gasteiger partial charge on any atom is 0.269 e. The number of phenolic OH excluding ortho intramolecular Hbond substituents is 1. The number of carbonyl (C=O) groups is 2. The van der Waals surface area contributed by atoms with Crippen LogP contribution in [0.3, 0.4) is 0 Å². The fourth-order valence-corrected chi connectivity index (χ4v) is 3.64. The number of nitrogens with zero attached hydrogens (tertiary/aromatic N) is 1. The van der Waals surface area contributed by atoms with Gasteiger partial charge in [0.2, 0.25) is 0 Å². The van der Waals surface area contributed by atoms with Crippen LogP contribution in [0.15, 0.2) is 65.7 Å². The highest BCUT2D eigenvalue weighted by Crippen LogP contribution is 2.28. The molecule has 32 heavy (non-hydrogen) atoms. The van der Waals surface area contributed by atoms with Crippen LogP contribution in [-0.2, 0) is 9.84 Å². The number of pyridine rings is 1. The molecule has 1 heterocycles. The van der Waals surface area contributed by atoms with Crippen molar-refractivity contribution in [3.63, 3.8) is 0 Å². The highest BCUT2D eigenvalue weighted by atomic mass is 32.2. The number of ether oxygens (including phenoxy) is 1. The van der Waals surface area contributed by atoms with Crippen molar-refractivity contribution in [1.29, 1.82) is 0 Å². The molecule has 1 aromatic heterocycles. The second-order valence-corrected chi connectivity index (χ2v) is 8.90. The van der Waals surface area contributed by atoms with Crippen molar-refractivity contribution in [2.75, 3.05) is 18.1 Å². The molecule has 0 radical (unpaired) electrons. The SMILES string of the molecule is CCS(=O)(=O)c1ccc(O)c(NC(=O)c2cccc(Oc3ccnc(C(=O)NC)c3)c2)c1. The summed E-state index contributed by atoms with van der Waals surface area (Å²) in [5.74, 6) is -0.626. The van der Waals surface area contributed by atoms with E-state index in [1.54, 1.807) is 18.2 Å². The number of rotatable bonds is 7. The van der Waals surface area contributed by atoms with Crippen molar-refractivity contribution in [2.45, 2.75) is 11.8 Å². The minimum Gasteiger partial charge on any atom is -0.506 e. The molecule has 3 rings (SSSR count). The molecule has 2 amide bonds. The van der Waals surface area contributed by atoms with Crippen molar-refractivity contribution >= 4 is 27.3 Å². The minimum absolute atomic E-state index is 0.00482. The Labute approximate surface area is 185 Å². The summed E-state index contributed by atoms with van der Waals surface area (Å²) < 4.78 is 29.9. The second kappa shape index (κ2) is 9.48. The highest BCUT2D eigenvalue weighted by molar-refractivity contribution is 7.91. The first-order valence-corrected chi connectivity index (χ1v) is 11.2. The summed E-state index contributed by atoms with van der Waals surface area (Å²) in [6.45, 7) is 1.51. The van der Waals surface area contributed by atoms with Gasteiger partial charge in [0.05, 0.1) is 16.3 Å². The van der Waals surface area contributed by atoms with Gasteiger partial charge in [-0.15, -0.1) is 0 Å². The van der Waals surface area contributed by atoms with Gasteiger partial charge in [0.25, 0.3) is 11.8 Å². The number of aromatic hydroxyl groups is 1. The number of aromatic nitrogens is 1. The third-order valence-corrected chi connectivity index (χ3v) is 6.21. The van der Waals surface area contributed by atoms with Gasteiger partial charge < -0.3 is 20.5 Å². The van der Waals surface area contributed by atoms with Gasteiger partial charge in [-0.1, -0.05) is 13.0 Å². The number of hydrogen-bond acceptors (Lipinski definition) is 7. The lowest BCUT2D eigenvalue weighted by atomic mass is 10.2. The molecule has 0 bridgehead atoms. The molecule has 0 aliphatic carbocycles. The van der Waals surface area contributed by atoms with Crippen LogP contribution in [0.5, 0.6) is 17.2 Å². The number of hydrogen-bond donors (Lipinski definition) is 3. The fraction of sp³-hybridized carbons (Fsp3) is 0.136. The summed E-state index contributed by atoms with van der Waals surface area (Å²) in [7, 11) is -2.02. The van der Waals surface area contributed by atoms with E-state index in [1.165, 1.54) is 56.6 Å². The van der Waals surface area contributed by atoms with E-state index in [1.807, 2.05) is 0 Å².